The van der Waals surface area contributed by atoms with Crippen molar-refractivity contribution in [3.05, 3.63) is 95.8 Å². The Labute approximate surface area is 202 Å². The molecule has 0 unspecified atom stereocenters. The molecule has 0 fully saturated rings. The summed E-state index contributed by atoms with van der Waals surface area (Å²) in [4.78, 5) is 31.8. The van der Waals surface area contributed by atoms with Crippen LogP contribution in [0.3, 0.4) is 0 Å². The van der Waals surface area contributed by atoms with E-state index in [2.05, 4.69) is 9.97 Å². The van der Waals surface area contributed by atoms with E-state index in [0.29, 0.717) is 12.8 Å². The molecule has 0 saturated heterocycles. The van der Waals surface area contributed by atoms with Gasteiger partial charge in [0.1, 0.15) is 0 Å². The maximum atomic E-state index is 12.6. The SMILES string of the molecule is Cc1cccc(OC(=O)CCc2cc3ccccc3[nH]2)c1OC(=O)CCc1cc2ccccc2[nH]1. The molecule has 6 heteroatoms. The summed E-state index contributed by atoms with van der Waals surface area (Å²) in [6.45, 7) is 1.82. The molecule has 2 aromatic heterocycles. The van der Waals surface area contributed by atoms with Gasteiger partial charge in [0.2, 0.25) is 0 Å². The molecule has 35 heavy (non-hydrogen) atoms. The lowest BCUT2D eigenvalue weighted by atomic mass is 10.2. The molecule has 2 N–H and O–H groups in total. The third-order valence-electron chi connectivity index (χ3n) is 5.98. The minimum Gasteiger partial charge on any atom is -0.422 e. The van der Waals surface area contributed by atoms with Crippen LogP contribution in [0.25, 0.3) is 21.8 Å². The van der Waals surface area contributed by atoms with Gasteiger partial charge in [-0.2, -0.15) is 0 Å². The van der Waals surface area contributed by atoms with Gasteiger partial charge in [-0.1, -0.05) is 48.5 Å². The first kappa shape index (κ1) is 22.5. The largest absolute Gasteiger partial charge is 0.422 e. The molecular weight excluding hydrogens is 440 g/mol. The van der Waals surface area contributed by atoms with E-state index in [1.165, 1.54) is 0 Å². The van der Waals surface area contributed by atoms with Crippen molar-refractivity contribution in [2.75, 3.05) is 0 Å². The number of rotatable bonds is 8. The van der Waals surface area contributed by atoms with Crippen LogP contribution in [0.2, 0.25) is 0 Å². The highest BCUT2D eigenvalue weighted by Crippen LogP contribution is 2.32. The Bertz CT molecular complexity index is 1450. The van der Waals surface area contributed by atoms with Gasteiger partial charge in [0.05, 0.1) is 12.8 Å². The van der Waals surface area contributed by atoms with Crippen molar-refractivity contribution >= 4 is 33.7 Å². The standard InChI is InChI=1S/C29H26N2O4/c1-19-7-6-12-26(34-27(32)15-13-22-17-20-8-2-4-10-24(20)30-22)29(19)35-28(33)16-14-23-18-21-9-3-5-11-25(21)31-23/h2-12,17-18,30-31H,13-16H2,1H3. The molecule has 6 nitrogen and oxygen atoms in total. The first-order valence-electron chi connectivity index (χ1n) is 11.7. The van der Waals surface area contributed by atoms with Gasteiger partial charge in [0, 0.05) is 22.4 Å². The van der Waals surface area contributed by atoms with Gasteiger partial charge in [-0.05, 0) is 66.4 Å². The molecule has 0 saturated carbocycles. The first-order valence-corrected chi connectivity index (χ1v) is 11.7. The van der Waals surface area contributed by atoms with E-state index in [0.717, 1.165) is 38.8 Å². The Morgan fingerprint density at radius 3 is 1.80 bits per heavy atom. The maximum Gasteiger partial charge on any atom is 0.311 e. The summed E-state index contributed by atoms with van der Waals surface area (Å²) >= 11 is 0. The summed E-state index contributed by atoms with van der Waals surface area (Å²) in [6.07, 6.45) is 1.46. The molecule has 0 aliphatic carbocycles. The third-order valence-corrected chi connectivity index (χ3v) is 5.98. The maximum absolute atomic E-state index is 12.6. The fourth-order valence-electron chi connectivity index (χ4n) is 4.18. The number of fused-ring (bicyclic) bond motifs is 2. The van der Waals surface area contributed by atoms with E-state index in [1.807, 2.05) is 73.7 Å². The predicted octanol–water partition coefficient (Wildman–Crippen LogP) is 6.03. The number of H-pyrrole nitrogens is 2. The average molecular weight is 467 g/mol. The summed E-state index contributed by atoms with van der Waals surface area (Å²) < 4.78 is 11.2. The van der Waals surface area contributed by atoms with Gasteiger partial charge in [-0.25, -0.2) is 0 Å². The summed E-state index contributed by atoms with van der Waals surface area (Å²) in [7, 11) is 0. The van der Waals surface area contributed by atoms with E-state index in [9.17, 15) is 9.59 Å². The average Bonchev–Trinajstić information content (AvgIpc) is 3.47. The second kappa shape index (κ2) is 9.89. The van der Waals surface area contributed by atoms with E-state index in [1.54, 1.807) is 12.1 Å². The number of para-hydroxylation sites is 3. The molecule has 3 aromatic carbocycles. The highest BCUT2D eigenvalue weighted by atomic mass is 16.6. The summed E-state index contributed by atoms with van der Waals surface area (Å²) in [5.41, 5.74) is 4.74. The van der Waals surface area contributed by atoms with Crippen LogP contribution in [-0.4, -0.2) is 21.9 Å². The van der Waals surface area contributed by atoms with Gasteiger partial charge in [0.25, 0.3) is 0 Å². The zero-order chi connectivity index (χ0) is 24.2. The second-order valence-electron chi connectivity index (χ2n) is 8.61. The molecule has 0 radical (unpaired) electrons. The molecule has 176 valence electrons. The monoisotopic (exact) mass is 466 g/mol. The zero-order valence-corrected chi connectivity index (χ0v) is 19.5. The number of aromatic amines is 2. The highest BCUT2D eigenvalue weighted by Gasteiger charge is 2.17. The van der Waals surface area contributed by atoms with Crippen molar-refractivity contribution in [2.24, 2.45) is 0 Å². The molecule has 0 bridgehead atoms. The Morgan fingerprint density at radius 1 is 0.686 bits per heavy atom. The van der Waals surface area contributed by atoms with Crippen LogP contribution in [0.4, 0.5) is 0 Å². The molecule has 0 amide bonds. The molecule has 0 aliphatic heterocycles. The minimum atomic E-state index is -0.385. The lowest BCUT2D eigenvalue weighted by Crippen LogP contribution is -2.14. The van der Waals surface area contributed by atoms with Crippen molar-refractivity contribution in [1.82, 2.24) is 9.97 Å². The van der Waals surface area contributed by atoms with Gasteiger partial charge >= 0.3 is 11.9 Å². The van der Waals surface area contributed by atoms with Crippen LogP contribution in [0.15, 0.2) is 78.9 Å². The number of carbonyl (C=O) groups is 2. The quantitative estimate of drug-likeness (QED) is 0.216. The van der Waals surface area contributed by atoms with E-state index in [-0.39, 0.29) is 36.3 Å². The first-order chi connectivity index (χ1) is 17.0. The van der Waals surface area contributed by atoms with Crippen molar-refractivity contribution in [2.45, 2.75) is 32.6 Å². The lowest BCUT2D eigenvalue weighted by Gasteiger charge is -2.12. The van der Waals surface area contributed by atoms with Crippen LogP contribution in [0.1, 0.15) is 29.8 Å². The molecule has 2 heterocycles. The molecule has 0 spiro atoms. The molecule has 0 atom stereocenters. The third kappa shape index (κ3) is 5.27. The van der Waals surface area contributed by atoms with Crippen molar-refractivity contribution in [1.29, 1.82) is 0 Å². The minimum absolute atomic E-state index is 0.203. The summed E-state index contributed by atoms with van der Waals surface area (Å²) in [5.74, 6) is -0.225. The number of aromatic nitrogens is 2. The van der Waals surface area contributed by atoms with Gasteiger partial charge in [-0.3, -0.25) is 9.59 Å². The number of hydrogen-bond donors (Lipinski definition) is 2. The van der Waals surface area contributed by atoms with Gasteiger partial charge in [0.15, 0.2) is 11.5 Å². The lowest BCUT2D eigenvalue weighted by molar-refractivity contribution is -0.137. The topological polar surface area (TPSA) is 84.2 Å². The summed E-state index contributed by atoms with van der Waals surface area (Å²) in [6, 6.07) is 25.3. The van der Waals surface area contributed by atoms with Crippen LogP contribution < -0.4 is 9.47 Å². The zero-order valence-electron chi connectivity index (χ0n) is 19.5. The normalized spacial score (nSPS) is 11.1. The van der Waals surface area contributed by atoms with Crippen molar-refractivity contribution in [3.8, 4) is 11.5 Å². The Hall–Kier alpha value is -4.32. The van der Waals surface area contributed by atoms with Crippen molar-refractivity contribution < 1.29 is 19.1 Å². The number of nitrogens with one attached hydrogen (secondary N) is 2. The Morgan fingerprint density at radius 2 is 1.23 bits per heavy atom. The highest BCUT2D eigenvalue weighted by molar-refractivity contribution is 5.82. The number of esters is 2. The van der Waals surface area contributed by atoms with Gasteiger partial charge < -0.3 is 19.4 Å². The van der Waals surface area contributed by atoms with Crippen LogP contribution >= 0.6 is 0 Å². The Balaban J connectivity index is 1.19. The number of benzene rings is 3. The molecule has 5 rings (SSSR count). The van der Waals surface area contributed by atoms with E-state index >= 15 is 0 Å². The smallest absolute Gasteiger partial charge is 0.311 e. The van der Waals surface area contributed by atoms with Gasteiger partial charge in [-0.15, -0.1) is 0 Å². The van der Waals surface area contributed by atoms with Crippen LogP contribution in [-0.2, 0) is 22.4 Å². The van der Waals surface area contributed by atoms with E-state index < -0.39 is 0 Å². The number of ether oxygens (including phenoxy) is 2. The fourth-order valence-corrected chi connectivity index (χ4v) is 4.18. The molecule has 0 aliphatic rings. The van der Waals surface area contributed by atoms with Crippen molar-refractivity contribution in [3.63, 3.8) is 0 Å². The summed E-state index contributed by atoms with van der Waals surface area (Å²) in [5, 5.41) is 2.22. The predicted molar refractivity (Wildman–Crippen MR) is 136 cm³/mol. The Kier molecular flexibility index (Phi) is 6.35. The second-order valence-corrected chi connectivity index (χ2v) is 8.61. The van der Waals surface area contributed by atoms with Crippen LogP contribution in [0.5, 0.6) is 11.5 Å². The number of carbonyl (C=O) groups excluding carboxylic acids is 2. The van der Waals surface area contributed by atoms with E-state index in [4.69, 9.17) is 9.47 Å². The molecule has 5 aromatic rings. The fraction of sp³-hybridized carbons (Fsp3) is 0.172. The molecular formula is C29H26N2O4. The number of aryl methyl sites for hydroxylation is 3. The van der Waals surface area contributed by atoms with Crippen LogP contribution in [0, 0.1) is 6.92 Å². The number of hydrogen-bond acceptors (Lipinski definition) is 4.